The molecule has 1 saturated heterocycles. The van der Waals surface area contributed by atoms with Gasteiger partial charge in [0.05, 0.1) is 0 Å². The number of sulfonamides is 1. The molecule has 1 heterocycles. The summed E-state index contributed by atoms with van der Waals surface area (Å²) in [5.74, 6) is -2.11. The highest BCUT2D eigenvalue weighted by molar-refractivity contribution is 7.90. The summed E-state index contributed by atoms with van der Waals surface area (Å²) in [6.45, 7) is 0.870. The van der Waals surface area contributed by atoms with E-state index in [0.29, 0.717) is 0 Å². The maximum atomic E-state index is 11.2. The van der Waals surface area contributed by atoms with Crippen molar-refractivity contribution >= 4 is 21.8 Å². The number of ether oxygens (including phenoxy) is 1. The lowest BCUT2D eigenvalue weighted by atomic mass is 10.2. The SMILES string of the molecule is CC(=O)CS(=O)(=O)NC1C(=O)OCC1O. The molecule has 0 amide bonds. The molecule has 1 aliphatic heterocycles. The van der Waals surface area contributed by atoms with E-state index in [4.69, 9.17) is 0 Å². The molecule has 1 aliphatic rings. The second-order valence-electron chi connectivity index (χ2n) is 3.25. The van der Waals surface area contributed by atoms with Gasteiger partial charge in [0, 0.05) is 0 Å². The highest BCUT2D eigenvalue weighted by atomic mass is 32.2. The van der Waals surface area contributed by atoms with E-state index in [2.05, 4.69) is 4.74 Å². The zero-order valence-corrected chi connectivity index (χ0v) is 8.78. The first-order valence-corrected chi connectivity index (χ1v) is 5.81. The predicted molar refractivity (Wildman–Crippen MR) is 48.4 cm³/mol. The zero-order valence-electron chi connectivity index (χ0n) is 7.97. The summed E-state index contributed by atoms with van der Waals surface area (Å²) in [5.41, 5.74) is 0. The molecule has 2 N–H and O–H groups in total. The van der Waals surface area contributed by atoms with E-state index in [1.807, 2.05) is 4.72 Å². The maximum Gasteiger partial charge on any atom is 0.327 e. The number of ketones is 1. The topological polar surface area (TPSA) is 110 Å². The number of Topliss-reactive ketones (excluding diaryl/α,β-unsaturated/α-hetero) is 1. The Morgan fingerprint density at radius 3 is 2.67 bits per heavy atom. The van der Waals surface area contributed by atoms with Gasteiger partial charge in [-0.15, -0.1) is 0 Å². The predicted octanol–water partition coefficient (Wildman–Crippen LogP) is -2.22. The van der Waals surface area contributed by atoms with E-state index >= 15 is 0 Å². The quantitative estimate of drug-likeness (QED) is 0.536. The summed E-state index contributed by atoms with van der Waals surface area (Å²) >= 11 is 0. The van der Waals surface area contributed by atoms with E-state index in [-0.39, 0.29) is 6.61 Å². The minimum atomic E-state index is -3.89. The first-order chi connectivity index (χ1) is 6.82. The second kappa shape index (κ2) is 4.25. The van der Waals surface area contributed by atoms with E-state index in [0.717, 1.165) is 6.92 Å². The van der Waals surface area contributed by atoms with Crippen LogP contribution in [-0.4, -0.2) is 49.8 Å². The third-order valence-corrected chi connectivity index (χ3v) is 3.13. The molecule has 7 nitrogen and oxygen atoms in total. The molecule has 15 heavy (non-hydrogen) atoms. The molecule has 0 aliphatic carbocycles. The van der Waals surface area contributed by atoms with Crippen molar-refractivity contribution in [2.75, 3.05) is 12.4 Å². The van der Waals surface area contributed by atoms with Crippen LogP contribution in [0.5, 0.6) is 0 Å². The van der Waals surface area contributed by atoms with Crippen molar-refractivity contribution in [2.45, 2.75) is 19.1 Å². The summed E-state index contributed by atoms with van der Waals surface area (Å²) in [7, 11) is -3.89. The molecule has 8 heteroatoms. The van der Waals surface area contributed by atoms with Gasteiger partial charge in [0.1, 0.15) is 30.3 Å². The van der Waals surface area contributed by atoms with Gasteiger partial charge in [-0.25, -0.2) is 8.42 Å². The van der Waals surface area contributed by atoms with Crippen LogP contribution in [0.3, 0.4) is 0 Å². The number of cyclic esters (lactones) is 1. The monoisotopic (exact) mass is 237 g/mol. The summed E-state index contributed by atoms with van der Waals surface area (Å²) in [4.78, 5) is 21.6. The lowest BCUT2D eigenvalue weighted by molar-refractivity contribution is -0.139. The lowest BCUT2D eigenvalue weighted by Gasteiger charge is -2.11. The number of nitrogens with one attached hydrogen (secondary N) is 1. The number of aliphatic hydroxyl groups is 1. The average Bonchev–Trinajstić information content (AvgIpc) is 2.33. The van der Waals surface area contributed by atoms with Gasteiger partial charge in [-0.1, -0.05) is 0 Å². The molecule has 2 atom stereocenters. The number of carbonyl (C=O) groups excluding carboxylic acids is 2. The average molecular weight is 237 g/mol. The van der Waals surface area contributed by atoms with Gasteiger partial charge in [-0.05, 0) is 6.92 Å². The van der Waals surface area contributed by atoms with E-state index in [1.165, 1.54) is 0 Å². The van der Waals surface area contributed by atoms with Crippen molar-refractivity contribution in [1.29, 1.82) is 0 Å². The van der Waals surface area contributed by atoms with Crippen LogP contribution in [-0.2, 0) is 24.3 Å². The maximum absolute atomic E-state index is 11.2. The molecular weight excluding hydrogens is 226 g/mol. The van der Waals surface area contributed by atoms with Gasteiger partial charge in [0.2, 0.25) is 10.0 Å². The van der Waals surface area contributed by atoms with Crippen molar-refractivity contribution in [1.82, 2.24) is 4.72 Å². The van der Waals surface area contributed by atoms with Crippen molar-refractivity contribution in [2.24, 2.45) is 0 Å². The molecule has 0 aromatic rings. The number of carbonyl (C=O) groups is 2. The fourth-order valence-electron chi connectivity index (χ4n) is 1.14. The van der Waals surface area contributed by atoms with E-state index in [1.54, 1.807) is 0 Å². The minimum absolute atomic E-state index is 0.244. The molecule has 0 saturated carbocycles. The molecule has 1 fully saturated rings. The summed E-state index contributed by atoms with van der Waals surface area (Å²) in [5, 5.41) is 9.20. The molecule has 0 aromatic carbocycles. The Hall–Kier alpha value is -0.990. The standard InChI is InChI=1S/C7H11NO6S/c1-4(9)3-15(12,13)8-6-5(10)2-14-7(6)11/h5-6,8,10H,2-3H2,1H3. The van der Waals surface area contributed by atoms with Gasteiger partial charge in [0.25, 0.3) is 0 Å². The van der Waals surface area contributed by atoms with E-state index < -0.39 is 39.7 Å². The van der Waals surface area contributed by atoms with Crippen LogP contribution in [0.4, 0.5) is 0 Å². The minimum Gasteiger partial charge on any atom is -0.462 e. The van der Waals surface area contributed by atoms with Crippen molar-refractivity contribution in [3.63, 3.8) is 0 Å². The van der Waals surface area contributed by atoms with Crippen LogP contribution >= 0.6 is 0 Å². The first kappa shape index (κ1) is 12.1. The van der Waals surface area contributed by atoms with Crippen molar-refractivity contribution in [3.8, 4) is 0 Å². The van der Waals surface area contributed by atoms with Gasteiger partial charge in [-0.2, -0.15) is 4.72 Å². The lowest BCUT2D eigenvalue weighted by Crippen LogP contribution is -2.46. The Labute approximate surface area is 86.5 Å². The normalized spacial score (nSPS) is 26.4. The third kappa shape index (κ3) is 3.26. The van der Waals surface area contributed by atoms with Gasteiger partial charge >= 0.3 is 5.97 Å². The van der Waals surface area contributed by atoms with Crippen LogP contribution < -0.4 is 4.72 Å². The highest BCUT2D eigenvalue weighted by Crippen LogP contribution is 2.08. The largest absolute Gasteiger partial charge is 0.462 e. The van der Waals surface area contributed by atoms with Crippen LogP contribution in [0.2, 0.25) is 0 Å². The van der Waals surface area contributed by atoms with Gasteiger partial charge < -0.3 is 9.84 Å². The molecule has 0 spiro atoms. The molecule has 0 radical (unpaired) electrons. The number of hydrogen-bond acceptors (Lipinski definition) is 6. The van der Waals surface area contributed by atoms with Crippen molar-refractivity contribution < 1.29 is 27.9 Å². The van der Waals surface area contributed by atoms with Gasteiger partial charge in [-0.3, -0.25) is 9.59 Å². The van der Waals surface area contributed by atoms with E-state index in [9.17, 15) is 23.1 Å². The molecular formula is C7H11NO6S. The van der Waals surface area contributed by atoms with Crippen LogP contribution in [0, 0.1) is 0 Å². The van der Waals surface area contributed by atoms with Crippen LogP contribution in [0.15, 0.2) is 0 Å². The zero-order chi connectivity index (χ0) is 11.6. The fraction of sp³-hybridized carbons (Fsp3) is 0.714. The second-order valence-corrected chi connectivity index (χ2v) is 5.01. The Kier molecular flexibility index (Phi) is 3.42. The molecule has 86 valence electrons. The summed E-state index contributed by atoms with van der Waals surface area (Å²) in [6, 6.07) is -1.31. The number of esters is 1. The smallest absolute Gasteiger partial charge is 0.327 e. The Morgan fingerprint density at radius 2 is 2.27 bits per heavy atom. The molecule has 1 rings (SSSR count). The third-order valence-electron chi connectivity index (χ3n) is 1.73. The van der Waals surface area contributed by atoms with Crippen LogP contribution in [0.1, 0.15) is 6.92 Å². The molecule has 0 aromatic heterocycles. The van der Waals surface area contributed by atoms with Crippen molar-refractivity contribution in [3.05, 3.63) is 0 Å². The number of hydrogen-bond donors (Lipinski definition) is 2. The number of aliphatic hydroxyl groups excluding tert-OH is 1. The summed E-state index contributed by atoms with van der Waals surface area (Å²) < 4.78 is 28.8. The molecule has 2 unspecified atom stereocenters. The summed E-state index contributed by atoms with van der Waals surface area (Å²) in [6.07, 6.45) is -1.21. The van der Waals surface area contributed by atoms with Crippen LogP contribution in [0.25, 0.3) is 0 Å². The first-order valence-electron chi connectivity index (χ1n) is 4.16. The highest BCUT2D eigenvalue weighted by Gasteiger charge is 2.38. The Bertz CT molecular complexity index is 375. The Morgan fingerprint density at radius 1 is 1.67 bits per heavy atom. The van der Waals surface area contributed by atoms with Gasteiger partial charge in [0.15, 0.2) is 0 Å². The number of rotatable bonds is 4. The molecule has 0 bridgehead atoms. The Balaban J connectivity index is 2.68. The fourth-order valence-corrected chi connectivity index (χ4v) is 2.40.